The smallest absolute Gasteiger partial charge is 0.193 e. The van der Waals surface area contributed by atoms with Crippen LogP contribution in [0.1, 0.15) is 10.4 Å². The highest BCUT2D eigenvalue weighted by atomic mass is 32.1. The number of nitrogens with one attached hydrogen (secondary N) is 1. The predicted octanol–water partition coefficient (Wildman–Crippen LogP) is 3.05. The lowest BCUT2D eigenvalue weighted by atomic mass is 10.1. The molecule has 1 heterocycles. The Bertz CT molecular complexity index is 610. The number of hydrogen-bond acceptors (Lipinski definition) is 3. The maximum Gasteiger partial charge on any atom is 0.193 e. The molecule has 0 aliphatic rings. The third-order valence-electron chi connectivity index (χ3n) is 3.72. The molecule has 0 spiro atoms. The molecule has 23 heavy (non-hydrogen) atoms. The number of nitrogens with zero attached hydrogens (tertiary/aromatic N) is 2. The maximum atomic E-state index is 5.39. The van der Waals surface area contributed by atoms with Gasteiger partial charge < -0.3 is 15.0 Å². The highest BCUT2D eigenvalue weighted by Crippen LogP contribution is 2.17. The second-order valence-corrected chi connectivity index (χ2v) is 6.32. The van der Waals surface area contributed by atoms with Crippen molar-refractivity contribution in [3.05, 3.63) is 52.2 Å². The number of aliphatic imine (C=N–C) groups is 1. The first kappa shape index (κ1) is 17.3. The fourth-order valence-electron chi connectivity index (χ4n) is 2.44. The molecular weight excluding hydrogens is 306 g/mol. The third-order valence-corrected chi connectivity index (χ3v) is 4.65. The molecule has 0 unspecified atom stereocenters. The number of benzene rings is 1. The summed E-state index contributed by atoms with van der Waals surface area (Å²) in [5.74, 6) is 1.87. The molecule has 1 aromatic heterocycles. The first-order valence-electron chi connectivity index (χ1n) is 7.80. The molecule has 1 N–H and O–H groups in total. The Morgan fingerprint density at radius 2 is 2.04 bits per heavy atom. The minimum Gasteiger partial charge on any atom is -0.496 e. The van der Waals surface area contributed by atoms with E-state index in [0.29, 0.717) is 0 Å². The standard InChI is InChI=1S/C18H25N3OS/c1-19-18(21(2)13-11-16-8-6-14-23-16)20-12-10-15-7-4-5-9-17(15)22-3/h4-9,14H,10-13H2,1-3H3,(H,19,20). The summed E-state index contributed by atoms with van der Waals surface area (Å²) in [7, 11) is 5.61. The zero-order chi connectivity index (χ0) is 16.5. The van der Waals surface area contributed by atoms with Gasteiger partial charge in [-0.25, -0.2) is 0 Å². The molecule has 124 valence electrons. The molecule has 0 amide bonds. The van der Waals surface area contributed by atoms with E-state index in [9.17, 15) is 0 Å². The van der Waals surface area contributed by atoms with Crippen LogP contribution in [-0.2, 0) is 12.8 Å². The molecule has 0 fully saturated rings. The predicted molar refractivity (Wildman–Crippen MR) is 98.7 cm³/mol. The van der Waals surface area contributed by atoms with Crippen LogP contribution < -0.4 is 10.1 Å². The Morgan fingerprint density at radius 1 is 1.22 bits per heavy atom. The van der Waals surface area contributed by atoms with Crippen molar-refractivity contribution in [2.75, 3.05) is 34.3 Å². The molecule has 5 heteroatoms. The van der Waals surface area contributed by atoms with Gasteiger partial charge in [0.2, 0.25) is 0 Å². The van der Waals surface area contributed by atoms with Gasteiger partial charge in [-0.3, -0.25) is 4.99 Å². The van der Waals surface area contributed by atoms with Crippen molar-refractivity contribution >= 4 is 17.3 Å². The summed E-state index contributed by atoms with van der Waals surface area (Å²) in [6.07, 6.45) is 1.95. The molecule has 1 aromatic carbocycles. The molecule has 2 rings (SSSR count). The summed E-state index contributed by atoms with van der Waals surface area (Å²) in [5.41, 5.74) is 1.21. The average molecular weight is 331 g/mol. The van der Waals surface area contributed by atoms with Crippen LogP contribution in [0.5, 0.6) is 5.75 Å². The second kappa shape index (κ2) is 9.20. The monoisotopic (exact) mass is 331 g/mol. The maximum absolute atomic E-state index is 5.39. The van der Waals surface area contributed by atoms with Crippen molar-refractivity contribution in [2.45, 2.75) is 12.8 Å². The minimum absolute atomic E-state index is 0.830. The number of ether oxygens (including phenoxy) is 1. The lowest BCUT2D eigenvalue weighted by Crippen LogP contribution is -2.40. The first-order valence-corrected chi connectivity index (χ1v) is 8.68. The van der Waals surface area contributed by atoms with Gasteiger partial charge in [-0.15, -0.1) is 11.3 Å². The molecule has 0 aliphatic carbocycles. The summed E-state index contributed by atoms with van der Waals surface area (Å²) < 4.78 is 5.39. The van der Waals surface area contributed by atoms with E-state index < -0.39 is 0 Å². The van der Waals surface area contributed by atoms with Crippen molar-refractivity contribution in [2.24, 2.45) is 4.99 Å². The van der Waals surface area contributed by atoms with Crippen molar-refractivity contribution in [3.8, 4) is 5.75 Å². The summed E-state index contributed by atoms with van der Waals surface area (Å²) in [4.78, 5) is 7.94. The van der Waals surface area contributed by atoms with Crippen LogP contribution in [0.3, 0.4) is 0 Å². The van der Waals surface area contributed by atoms with E-state index in [1.165, 1.54) is 10.4 Å². The average Bonchev–Trinajstić information content (AvgIpc) is 3.10. The van der Waals surface area contributed by atoms with Crippen LogP contribution in [-0.4, -0.2) is 45.2 Å². The van der Waals surface area contributed by atoms with Crippen molar-refractivity contribution in [1.29, 1.82) is 0 Å². The minimum atomic E-state index is 0.830. The summed E-state index contributed by atoms with van der Waals surface area (Å²) >= 11 is 1.80. The summed E-state index contributed by atoms with van der Waals surface area (Å²) in [6.45, 7) is 1.78. The fraction of sp³-hybridized carbons (Fsp3) is 0.389. The van der Waals surface area contributed by atoms with E-state index in [1.54, 1.807) is 18.4 Å². The highest BCUT2D eigenvalue weighted by Gasteiger charge is 2.07. The number of rotatable bonds is 7. The molecule has 0 aliphatic heterocycles. The van der Waals surface area contributed by atoms with Gasteiger partial charge in [0, 0.05) is 32.1 Å². The third kappa shape index (κ3) is 5.28. The normalized spacial score (nSPS) is 11.3. The fourth-order valence-corrected chi connectivity index (χ4v) is 3.14. The Morgan fingerprint density at radius 3 is 2.74 bits per heavy atom. The van der Waals surface area contributed by atoms with Crippen LogP contribution >= 0.6 is 11.3 Å². The van der Waals surface area contributed by atoms with Gasteiger partial charge in [0.1, 0.15) is 5.75 Å². The van der Waals surface area contributed by atoms with Gasteiger partial charge >= 0.3 is 0 Å². The number of guanidine groups is 1. The topological polar surface area (TPSA) is 36.9 Å². The lowest BCUT2D eigenvalue weighted by molar-refractivity contribution is 0.409. The number of methoxy groups -OCH3 is 1. The van der Waals surface area contributed by atoms with E-state index in [0.717, 1.165) is 37.6 Å². The van der Waals surface area contributed by atoms with E-state index in [1.807, 2.05) is 25.2 Å². The van der Waals surface area contributed by atoms with Crippen LogP contribution in [0, 0.1) is 0 Å². The van der Waals surface area contributed by atoms with Gasteiger partial charge in [-0.1, -0.05) is 24.3 Å². The molecule has 0 radical (unpaired) electrons. The van der Waals surface area contributed by atoms with Crippen LogP contribution in [0.25, 0.3) is 0 Å². The number of hydrogen-bond donors (Lipinski definition) is 1. The Labute approximate surface area is 142 Å². The summed E-state index contributed by atoms with van der Waals surface area (Å²) in [5, 5.41) is 5.54. The highest BCUT2D eigenvalue weighted by molar-refractivity contribution is 7.09. The van der Waals surface area contributed by atoms with Crippen LogP contribution in [0.15, 0.2) is 46.8 Å². The molecule has 4 nitrogen and oxygen atoms in total. The zero-order valence-electron chi connectivity index (χ0n) is 14.1. The van der Waals surface area contributed by atoms with Gasteiger partial charge in [0.15, 0.2) is 5.96 Å². The number of likely N-dealkylation sites (N-methyl/N-ethyl adjacent to an activating group) is 1. The van der Waals surface area contributed by atoms with E-state index in [-0.39, 0.29) is 0 Å². The molecule has 0 bridgehead atoms. The first-order chi connectivity index (χ1) is 11.2. The molecule has 2 aromatic rings. The number of thiophene rings is 1. The Balaban J connectivity index is 1.80. The van der Waals surface area contributed by atoms with E-state index in [4.69, 9.17) is 4.74 Å². The molecule has 0 saturated heterocycles. The van der Waals surface area contributed by atoms with Gasteiger partial charge in [-0.2, -0.15) is 0 Å². The largest absolute Gasteiger partial charge is 0.496 e. The molecule has 0 atom stereocenters. The van der Waals surface area contributed by atoms with Crippen molar-refractivity contribution < 1.29 is 4.74 Å². The quantitative estimate of drug-likeness (QED) is 0.626. The zero-order valence-corrected chi connectivity index (χ0v) is 14.9. The molecule has 0 saturated carbocycles. The second-order valence-electron chi connectivity index (χ2n) is 5.29. The van der Waals surface area contributed by atoms with E-state index in [2.05, 4.69) is 45.8 Å². The Hall–Kier alpha value is -2.01. The van der Waals surface area contributed by atoms with Crippen molar-refractivity contribution in [3.63, 3.8) is 0 Å². The lowest BCUT2D eigenvalue weighted by Gasteiger charge is -2.22. The Kier molecular flexibility index (Phi) is 6.94. The van der Waals surface area contributed by atoms with Crippen molar-refractivity contribution in [1.82, 2.24) is 10.2 Å². The molecular formula is C18H25N3OS. The van der Waals surface area contributed by atoms with Crippen LogP contribution in [0.4, 0.5) is 0 Å². The van der Waals surface area contributed by atoms with E-state index >= 15 is 0 Å². The van der Waals surface area contributed by atoms with Gasteiger partial charge in [0.25, 0.3) is 0 Å². The SMILES string of the molecule is CN=C(NCCc1ccccc1OC)N(C)CCc1cccs1. The summed E-state index contributed by atoms with van der Waals surface area (Å²) in [6, 6.07) is 12.4. The van der Waals surface area contributed by atoms with Gasteiger partial charge in [0.05, 0.1) is 7.11 Å². The van der Waals surface area contributed by atoms with Gasteiger partial charge in [-0.05, 0) is 35.9 Å². The van der Waals surface area contributed by atoms with Crippen LogP contribution in [0.2, 0.25) is 0 Å². The number of para-hydroxylation sites is 1.